The molecule has 4 nitrogen and oxygen atoms in total. The smallest absolute Gasteiger partial charge is 0.325 e. The number of carbonyl (C=O) groups excluding carboxylic acids is 1. The Balaban J connectivity index is 1.85. The standard InChI is InChI=1S/C16H30N2O2/c1-13(12-15(2,17)14(19)20-3)18-10-8-16(9-11-18)6-4-5-7-16/h13H,4-12,17H2,1-3H3. The molecule has 0 aromatic heterocycles. The molecule has 0 aromatic carbocycles. The first-order chi connectivity index (χ1) is 9.38. The predicted molar refractivity (Wildman–Crippen MR) is 80.4 cm³/mol. The number of piperidine rings is 1. The summed E-state index contributed by atoms with van der Waals surface area (Å²) in [5.74, 6) is -0.311. The van der Waals surface area contributed by atoms with Gasteiger partial charge in [0.1, 0.15) is 5.54 Å². The van der Waals surface area contributed by atoms with E-state index in [0.29, 0.717) is 17.9 Å². The molecule has 2 unspecified atom stereocenters. The molecule has 1 aliphatic heterocycles. The van der Waals surface area contributed by atoms with E-state index in [1.165, 1.54) is 45.6 Å². The lowest BCUT2D eigenvalue weighted by Crippen LogP contribution is -2.52. The van der Waals surface area contributed by atoms with Gasteiger partial charge in [0, 0.05) is 6.04 Å². The number of esters is 1. The maximum absolute atomic E-state index is 11.7. The van der Waals surface area contributed by atoms with Crippen LogP contribution in [0.3, 0.4) is 0 Å². The highest BCUT2D eigenvalue weighted by Crippen LogP contribution is 2.46. The lowest BCUT2D eigenvalue weighted by atomic mass is 9.76. The third-order valence-electron chi connectivity index (χ3n) is 5.52. The van der Waals surface area contributed by atoms with Crippen molar-refractivity contribution in [3.05, 3.63) is 0 Å². The Hall–Kier alpha value is -0.610. The number of carbonyl (C=O) groups is 1. The Kier molecular flexibility index (Phi) is 4.75. The number of hydrogen-bond acceptors (Lipinski definition) is 4. The van der Waals surface area contributed by atoms with Crippen molar-refractivity contribution in [3.63, 3.8) is 0 Å². The summed E-state index contributed by atoms with van der Waals surface area (Å²) in [6.45, 7) is 6.26. The van der Waals surface area contributed by atoms with Gasteiger partial charge >= 0.3 is 5.97 Å². The number of rotatable bonds is 4. The molecule has 2 fully saturated rings. The van der Waals surface area contributed by atoms with Crippen LogP contribution < -0.4 is 5.73 Å². The normalized spacial score (nSPS) is 27.2. The van der Waals surface area contributed by atoms with Gasteiger partial charge in [-0.25, -0.2) is 0 Å². The van der Waals surface area contributed by atoms with Crippen LogP contribution in [0.5, 0.6) is 0 Å². The van der Waals surface area contributed by atoms with Crippen LogP contribution in [-0.4, -0.2) is 42.6 Å². The van der Waals surface area contributed by atoms with Gasteiger partial charge in [0.25, 0.3) is 0 Å². The van der Waals surface area contributed by atoms with E-state index in [-0.39, 0.29) is 5.97 Å². The Bertz CT molecular complexity index is 338. The molecule has 0 amide bonds. The van der Waals surface area contributed by atoms with E-state index in [1.807, 2.05) is 0 Å². The summed E-state index contributed by atoms with van der Waals surface area (Å²) in [7, 11) is 1.41. The molecule has 1 saturated carbocycles. The number of likely N-dealkylation sites (tertiary alicyclic amines) is 1. The van der Waals surface area contributed by atoms with E-state index >= 15 is 0 Å². The van der Waals surface area contributed by atoms with Crippen LogP contribution in [0.25, 0.3) is 0 Å². The van der Waals surface area contributed by atoms with Crippen LogP contribution in [0.2, 0.25) is 0 Å². The zero-order valence-electron chi connectivity index (χ0n) is 13.3. The van der Waals surface area contributed by atoms with Crippen molar-refractivity contribution < 1.29 is 9.53 Å². The van der Waals surface area contributed by atoms with Crippen molar-refractivity contribution in [2.45, 2.75) is 70.4 Å². The second-order valence-corrected chi connectivity index (χ2v) is 7.21. The Labute approximate surface area is 123 Å². The number of methoxy groups -OCH3 is 1. The minimum Gasteiger partial charge on any atom is -0.468 e. The largest absolute Gasteiger partial charge is 0.468 e. The summed E-state index contributed by atoms with van der Waals surface area (Å²) in [6.07, 6.45) is 8.97. The van der Waals surface area contributed by atoms with Crippen molar-refractivity contribution >= 4 is 5.97 Å². The highest BCUT2D eigenvalue weighted by Gasteiger charge is 2.39. The van der Waals surface area contributed by atoms with Crippen LogP contribution in [0, 0.1) is 5.41 Å². The molecule has 2 aliphatic rings. The molecule has 2 rings (SSSR count). The van der Waals surface area contributed by atoms with Gasteiger partial charge in [-0.2, -0.15) is 0 Å². The minimum atomic E-state index is -0.878. The van der Waals surface area contributed by atoms with E-state index in [1.54, 1.807) is 6.92 Å². The van der Waals surface area contributed by atoms with Crippen LogP contribution in [0.1, 0.15) is 58.8 Å². The van der Waals surface area contributed by atoms with Crippen LogP contribution >= 0.6 is 0 Å². The lowest BCUT2D eigenvalue weighted by molar-refractivity contribution is -0.147. The molecule has 20 heavy (non-hydrogen) atoms. The molecule has 1 aliphatic carbocycles. The number of nitrogens with zero attached hydrogens (tertiary/aromatic N) is 1. The van der Waals surface area contributed by atoms with E-state index in [4.69, 9.17) is 10.5 Å². The molecule has 1 heterocycles. The van der Waals surface area contributed by atoms with Crippen LogP contribution in [-0.2, 0) is 9.53 Å². The van der Waals surface area contributed by atoms with Gasteiger partial charge in [-0.05, 0) is 64.5 Å². The summed E-state index contributed by atoms with van der Waals surface area (Å²) in [4.78, 5) is 14.2. The zero-order valence-corrected chi connectivity index (χ0v) is 13.3. The molecule has 1 spiro atoms. The SMILES string of the molecule is COC(=O)C(C)(N)CC(C)N1CCC2(CCCC2)CC1. The fourth-order valence-corrected chi connectivity index (χ4v) is 4.12. The van der Waals surface area contributed by atoms with Crippen molar-refractivity contribution in [1.29, 1.82) is 0 Å². The second-order valence-electron chi connectivity index (χ2n) is 7.21. The molecule has 116 valence electrons. The molecule has 0 bridgehead atoms. The Morgan fingerprint density at radius 3 is 2.35 bits per heavy atom. The number of ether oxygens (including phenoxy) is 1. The van der Waals surface area contributed by atoms with Crippen LogP contribution in [0.15, 0.2) is 0 Å². The molecular weight excluding hydrogens is 252 g/mol. The summed E-state index contributed by atoms with van der Waals surface area (Å²) in [6, 6.07) is 0.336. The Morgan fingerprint density at radius 1 is 1.30 bits per heavy atom. The van der Waals surface area contributed by atoms with Gasteiger partial charge in [-0.15, -0.1) is 0 Å². The summed E-state index contributed by atoms with van der Waals surface area (Å²) in [5, 5.41) is 0. The van der Waals surface area contributed by atoms with Gasteiger partial charge in [0.2, 0.25) is 0 Å². The maximum Gasteiger partial charge on any atom is 0.325 e. The van der Waals surface area contributed by atoms with Crippen LogP contribution in [0.4, 0.5) is 0 Å². The zero-order chi connectivity index (χ0) is 14.8. The van der Waals surface area contributed by atoms with E-state index in [0.717, 1.165) is 13.1 Å². The van der Waals surface area contributed by atoms with E-state index < -0.39 is 5.54 Å². The summed E-state index contributed by atoms with van der Waals surface area (Å²) >= 11 is 0. The first-order valence-corrected chi connectivity index (χ1v) is 8.00. The van der Waals surface area contributed by atoms with Gasteiger partial charge in [0.15, 0.2) is 0 Å². The molecule has 2 atom stereocenters. The van der Waals surface area contributed by atoms with Gasteiger partial charge < -0.3 is 15.4 Å². The maximum atomic E-state index is 11.7. The Morgan fingerprint density at radius 2 is 1.85 bits per heavy atom. The quantitative estimate of drug-likeness (QED) is 0.804. The topological polar surface area (TPSA) is 55.6 Å². The predicted octanol–water partition coefficient (Wildman–Crippen LogP) is 2.31. The molecule has 4 heteroatoms. The monoisotopic (exact) mass is 282 g/mol. The lowest BCUT2D eigenvalue weighted by Gasteiger charge is -2.43. The van der Waals surface area contributed by atoms with Crippen molar-refractivity contribution in [1.82, 2.24) is 4.90 Å². The average molecular weight is 282 g/mol. The third-order valence-corrected chi connectivity index (χ3v) is 5.52. The fraction of sp³-hybridized carbons (Fsp3) is 0.938. The molecular formula is C16H30N2O2. The van der Waals surface area contributed by atoms with Gasteiger partial charge in [0.05, 0.1) is 7.11 Å². The molecule has 1 saturated heterocycles. The first-order valence-electron chi connectivity index (χ1n) is 8.00. The number of nitrogens with two attached hydrogens (primary N) is 1. The van der Waals surface area contributed by atoms with E-state index in [2.05, 4.69) is 11.8 Å². The van der Waals surface area contributed by atoms with Gasteiger partial charge in [-0.3, -0.25) is 4.79 Å². The third kappa shape index (κ3) is 3.34. The minimum absolute atomic E-state index is 0.311. The molecule has 0 aromatic rings. The highest BCUT2D eigenvalue weighted by molar-refractivity contribution is 5.79. The summed E-state index contributed by atoms with van der Waals surface area (Å²) < 4.78 is 4.80. The van der Waals surface area contributed by atoms with E-state index in [9.17, 15) is 4.79 Å². The average Bonchev–Trinajstić information content (AvgIpc) is 2.86. The summed E-state index contributed by atoms with van der Waals surface area (Å²) in [5.41, 5.74) is 5.86. The van der Waals surface area contributed by atoms with Gasteiger partial charge in [-0.1, -0.05) is 12.8 Å². The number of hydrogen-bond donors (Lipinski definition) is 1. The molecule has 2 N–H and O–H groups in total. The van der Waals surface area contributed by atoms with Crippen molar-refractivity contribution in [2.24, 2.45) is 11.1 Å². The molecule has 0 radical (unpaired) electrons. The van der Waals surface area contributed by atoms with Crippen molar-refractivity contribution in [3.8, 4) is 0 Å². The fourth-order valence-electron chi connectivity index (χ4n) is 4.12. The second kappa shape index (κ2) is 6.02. The highest BCUT2D eigenvalue weighted by atomic mass is 16.5. The van der Waals surface area contributed by atoms with Crippen molar-refractivity contribution in [2.75, 3.05) is 20.2 Å². The first kappa shape index (κ1) is 15.8.